The molecule has 0 bridgehead atoms. The van der Waals surface area contributed by atoms with Gasteiger partial charge in [-0.25, -0.2) is 4.39 Å². The van der Waals surface area contributed by atoms with E-state index in [9.17, 15) is 4.39 Å². The molecule has 0 radical (unpaired) electrons. The summed E-state index contributed by atoms with van der Waals surface area (Å²) >= 11 is 3.47. The molecular weight excluding hydrogens is 281 g/mol. The Bertz CT molecular complexity index is 407. The lowest BCUT2D eigenvalue weighted by Gasteiger charge is -2.37. The number of nitrogens with two attached hydrogens (primary N) is 1. The molecule has 1 nitrogen and oxygen atoms in total. The van der Waals surface area contributed by atoms with Gasteiger partial charge in [0.2, 0.25) is 0 Å². The number of hydrogen-bond acceptors (Lipinski definition) is 1. The topological polar surface area (TPSA) is 26.0 Å². The van der Waals surface area contributed by atoms with Crippen LogP contribution in [0.2, 0.25) is 0 Å². The molecular formula is C14H19BrFN. The summed E-state index contributed by atoms with van der Waals surface area (Å²) in [4.78, 5) is 0. The molecule has 0 amide bonds. The van der Waals surface area contributed by atoms with Gasteiger partial charge >= 0.3 is 0 Å². The van der Waals surface area contributed by atoms with Crippen LogP contribution in [0.15, 0.2) is 22.7 Å². The summed E-state index contributed by atoms with van der Waals surface area (Å²) in [5.74, 6) is 0.497. The summed E-state index contributed by atoms with van der Waals surface area (Å²) in [6, 6.07) is 4.83. The molecule has 1 aliphatic rings. The van der Waals surface area contributed by atoms with E-state index in [1.165, 1.54) is 18.9 Å². The number of hydrogen-bond donors (Lipinski definition) is 1. The van der Waals surface area contributed by atoms with Gasteiger partial charge in [-0.15, -0.1) is 0 Å². The zero-order chi connectivity index (χ0) is 12.5. The molecule has 2 rings (SSSR count). The van der Waals surface area contributed by atoms with Crippen LogP contribution in [0.4, 0.5) is 4.39 Å². The van der Waals surface area contributed by atoms with Gasteiger partial charge in [-0.1, -0.05) is 35.7 Å². The van der Waals surface area contributed by atoms with Gasteiger partial charge in [-0.3, -0.25) is 0 Å². The first-order valence-corrected chi connectivity index (χ1v) is 7.01. The van der Waals surface area contributed by atoms with E-state index in [-0.39, 0.29) is 11.4 Å². The zero-order valence-corrected chi connectivity index (χ0v) is 11.8. The first-order valence-electron chi connectivity index (χ1n) is 6.21. The lowest BCUT2D eigenvalue weighted by Crippen LogP contribution is -2.45. The van der Waals surface area contributed by atoms with Gasteiger partial charge in [0.25, 0.3) is 0 Å². The van der Waals surface area contributed by atoms with Crippen LogP contribution in [0.25, 0.3) is 0 Å². The largest absolute Gasteiger partial charge is 0.325 e. The highest BCUT2D eigenvalue weighted by molar-refractivity contribution is 9.10. The van der Waals surface area contributed by atoms with Crippen LogP contribution in [0.3, 0.4) is 0 Å². The second kappa shape index (κ2) is 5.07. The molecule has 0 spiro atoms. The summed E-state index contributed by atoms with van der Waals surface area (Å²) < 4.78 is 14.2. The van der Waals surface area contributed by atoms with E-state index in [2.05, 4.69) is 22.9 Å². The molecule has 2 N–H and O–H groups in total. The van der Waals surface area contributed by atoms with Crippen LogP contribution in [0.1, 0.15) is 38.2 Å². The molecule has 1 saturated carbocycles. The van der Waals surface area contributed by atoms with E-state index in [4.69, 9.17) is 5.73 Å². The minimum Gasteiger partial charge on any atom is -0.325 e. The molecule has 0 aliphatic heterocycles. The third-order valence-electron chi connectivity index (χ3n) is 3.68. The van der Waals surface area contributed by atoms with Crippen molar-refractivity contribution >= 4 is 15.9 Å². The summed E-state index contributed by atoms with van der Waals surface area (Å²) in [7, 11) is 0. The van der Waals surface area contributed by atoms with Crippen LogP contribution in [-0.2, 0) is 6.42 Å². The maximum Gasteiger partial charge on any atom is 0.123 e. The van der Waals surface area contributed by atoms with E-state index >= 15 is 0 Å². The average Bonchev–Trinajstić information content (AvgIpc) is 2.22. The van der Waals surface area contributed by atoms with Gasteiger partial charge in [0.1, 0.15) is 5.82 Å². The first-order chi connectivity index (χ1) is 7.98. The van der Waals surface area contributed by atoms with E-state index in [0.717, 1.165) is 29.3 Å². The third-order valence-corrected chi connectivity index (χ3v) is 4.45. The van der Waals surface area contributed by atoms with Crippen LogP contribution in [0.5, 0.6) is 0 Å². The molecule has 17 heavy (non-hydrogen) atoms. The van der Waals surface area contributed by atoms with Gasteiger partial charge in [0, 0.05) is 10.0 Å². The van der Waals surface area contributed by atoms with Crippen LogP contribution >= 0.6 is 15.9 Å². The quantitative estimate of drug-likeness (QED) is 0.876. The predicted octanol–water partition coefficient (Wildman–Crippen LogP) is 4.04. The highest BCUT2D eigenvalue weighted by atomic mass is 79.9. The van der Waals surface area contributed by atoms with Crippen molar-refractivity contribution in [2.75, 3.05) is 0 Å². The highest BCUT2D eigenvalue weighted by Gasteiger charge is 2.31. The maximum atomic E-state index is 13.2. The molecule has 2 unspecified atom stereocenters. The van der Waals surface area contributed by atoms with Crippen molar-refractivity contribution in [3.63, 3.8) is 0 Å². The Morgan fingerprint density at radius 3 is 3.00 bits per heavy atom. The molecule has 0 heterocycles. The van der Waals surface area contributed by atoms with Crippen LogP contribution in [0, 0.1) is 11.7 Å². The molecule has 3 heteroatoms. The number of halogens is 2. The van der Waals surface area contributed by atoms with E-state index in [0.29, 0.717) is 5.92 Å². The van der Waals surface area contributed by atoms with Gasteiger partial charge in [-0.2, -0.15) is 0 Å². The smallest absolute Gasteiger partial charge is 0.123 e. The lowest BCUT2D eigenvalue weighted by molar-refractivity contribution is 0.235. The van der Waals surface area contributed by atoms with Crippen molar-refractivity contribution < 1.29 is 4.39 Å². The van der Waals surface area contributed by atoms with Crippen molar-refractivity contribution in [3.8, 4) is 0 Å². The Kier molecular flexibility index (Phi) is 3.88. The summed E-state index contributed by atoms with van der Waals surface area (Å²) in [6.45, 7) is 2.25. The summed E-state index contributed by atoms with van der Waals surface area (Å²) in [6.07, 6.45) is 5.29. The Morgan fingerprint density at radius 2 is 2.29 bits per heavy atom. The fourth-order valence-electron chi connectivity index (χ4n) is 2.92. The fraction of sp³-hybridized carbons (Fsp3) is 0.571. The SMILES string of the molecule is CC1CCCC(N)(Cc2cc(F)ccc2Br)C1. The van der Waals surface area contributed by atoms with E-state index < -0.39 is 0 Å². The molecule has 0 saturated heterocycles. The molecule has 94 valence electrons. The van der Waals surface area contributed by atoms with Crippen LogP contribution < -0.4 is 5.73 Å². The van der Waals surface area contributed by atoms with Gasteiger partial charge in [0.05, 0.1) is 0 Å². The highest BCUT2D eigenvalue weighted by Crippen LogP contribution is 2.34. The van der Waals surface area contributed by atoms with Crippen molar-refractivity contribution in [2.24, 2.45) is 11.7 Å². The molecule has 1 aliphatic carbocycles. The summed E-state index contributed by atoms with van der Waals surface area (Å²) in [5, 5.41) is 0. The average molecular weight is 300 g/mol. The van der Waals surface area contributed by atoms with Crippen molar-refractivity contribution in [1.82, 2.24) is 0 Å². The molecule has 1 aromatic carbocycles. The molecule has 2 atom stereocenters. The van der Waals surface area contributed by atoms with Gasteiger partial charge in [-0.05, 0) is 48.9 Å². The number of benzene rings is 1. The fourth-order valence-corrected chi connectivity index (χ4v) is 3.31. The second-order valence-electron chi connectivity index (χ2n) is 5.48. The molecule has 0 aromatic heterocycles. The molecule has 1 fully saturated rings. The Labute approximate surface area is 111 Å². The Morgan fingerprint density at radius 1 is 1.53 bits per heavy atom. The van der Waals surface area contributed by atoms with Crippen molar-refractivity contribution in [3.05, 3.63) is 34.1 Å². The number of rotatable bonds is 2. The maximum absolute atomic E-state index is 13.2. The Balaban J connectivity index is 2.16. The van der Waals surface area contributed by atoms with Gasteiger partial charge in [0.15, 0.2) is 0 Å². The van der Waals surface area contributed by atoms with Gasteiger partial charge < -0.3 is 5.73 Å². The Hall–Kier alpha value is -0.410. The van der Waals surface area contributed by atoms with E-state index in [1.807, 2.05) is 0 Å². The zero-order valence-electron chi connectivity index (χ0n) is 10.2. The second-order valence-corrected chi connectivity index (χ2v) is 6.33. The van der Waals surface area contributed by atoms with Crippen molar-refractivity contribution in [1.29, 1.82) is 0 Å². The van der Waals surface area contributed by atoms with Crippen LogP contribution in [-0.4, -0.2) is 5.54 Å². The minimum absolute atomic E-state index is 0.159. The third kappa shape index (κ3) is 3.29. The molecule has 1 aromatic rings. The lowest BCUT2D eigenvalue weighted by atomic mass is 9.74. The minimum atomic E-state index is -0.185. The standard InChI is InChI=1S/C14H19BrFN/c1-10-3-2-6-14(17,8-10)9-11-7-12(16)4-5-13(11)15/h4-5,7,10H,2-3,6,8-9,17H2,1H3. The summed E-state index contributed by atoms with van der Waals surface area (Å²) in [5.41, 5.74) is 7.29. The normalized spacial score (nSPS) is 29.3. The monoisotopic (exact) mass is 299 g/mol. The predicted molar refractivity (Wildman–Crippen MR) is 72.4 cm³/mol. The van der Waals surface area contributed by atoms with Crippen molar-refractivity contribution in [2.45, 2.75) is 44.6 Å². The van der Waals surface area contributed by atoms with E-state index in [1.54, 1.807) is 12.1 Å². The first kappa shape index (κ1) is 13.0.